The van der Waals surface area contributed by atoms with Gasteiger partial charge in [0.1, 0.15) is 13.2 Å². The number of rotatable bonds is 2. The predicted octanol–water partition coefficient (Wildman–Crippen LogP) is 3.56. The van der Waals surface area contributed by atoms with Crippen molar-refractivity contribution in [1.29, 1.82) is 0 Å². The summed E-state index contributed by atoms with van der Waals surface area (Å²) in [5, 5.41) is 10.8. The van der Waals surface area contributed by atoms with E-state index in [0.29, 0.717) is 25.0 Å². The molecule has 1 aromatic carbocycles. The van der Waals surface area contributed by atoms with Crippen molar-refractivity contribution in [2.75, 3.05) is 13.2 Å². The van der Waals surface area contributed by atoms with Crippen LogP contribution in [0.2, 0.25) is 0 Å². The van der Waals surface area contributed by atoms with Gasteiger partial charge in [0, 0.05) is 5.56 Å². The van der Waals surface area contributed by atoms with Crippen LogP contribution in [0, 0.1) is 17.8 Å². The first-order chi connectivity index (χ1) is 9.66. The molecule has 4 atom stereocenters. The van der Waals surface area contributed by atoms with Crippen molar-refractivity contribution in [1.82, 2.24) is 0 Å². The molecule has 1 saturated carbocycles. The summed E-state index contributed by atoms with van der Waals surface area (Å²) in [6.45, 7) is 5.76. The van der Waals surface area contributed by atoms with Gasteiger partial charge in [0.25, 0.3) is 0 Å². The van der Waals surface area contributed by atoms with Crippen LogP contribution in [-0.4, -0.2) is 18.3 Å². The molecule has 2 aliphatic rings. The number of hydrogen-bond donors (Lipinski definition) is 1. The number of ether oxygens (including phenoxy) is 2. The van der Waals surface area contributed by atoms with E-state index in [1.54, 1.807) is 0 Å². The zero-order chi connectivity index (χ0) is 14.1. The van der Waals surface area contributed by atoms with Crippen LogP contribution in [0.5, 0.6) is 11.5 Å². The fourth-order valence-corrected chi connectivity index (χ4v) is 3.46. The first-order valence-corrected chi connectivity index (χ1v) is 7.73. The molecule has 3 rings (SSSR count). The van der Waals surface area contributed by atoms with Crippen molar-refractivity contribution >= 4 is 0 Å². The monoisotopic (exact) mass is 276 g/mol. The van der Waals surface area contributed by atoms with Crippen LogP contribution in [0.3, 0.4) is 0 Å². The molecule has 1 heterocycles. The minimum Gasteiger partial charge on any atom is -0.486 e. The summed E-state index contributed by atoms with van der Waals surface area (Å²) in [6.07, 6.45) is 2.95. The Morgan fingerprint density at radius 1 is 1.10 bits per heavy atom. The number of aliphatic hydroxyl groups is 1. The van der Waals surface area contributed by atoms with Crippen molar-refractivity contribution in [3.63, 3.8) is 0 Å². The number of fused-ring (bicyclic) bond motifs is 1. The average molecular weight is 276 g/mol. The molecular weight excluding hydrogens is 252 g/mol. The smallest absolute Gasteiger partial charge is 0.167 e. The van der Waals surface area contributed by atoms with E-state index in [1.165, 1.54) is 6.42 Å². The Bertz CT molecular complexity index is 471. The molecule has 4 unspecified atom stereocenters. The lowest BCUT2D eigenvalue weighted by atomic mass is 9.73. The molecule has 0 aromatic heterocycles. The Morgan fingerprint density at radius 2 is 1.90 bits per heavy atom. The second kappa shape index (κ2) is 5.65. The van der Waals surface area contributed by atoms with Crippen LogP contribution >= 0.6 is 0 Å². The minimum absolute atomic E-state index is 0.332. The molecule has 110 valence electrons. The van der Waals surface area contributed by atoms with Crippen LogP contribution in [0.15, 0.2) is 18.2 Å². The first kappa shape index (κ1) is 13.7. The van der Waals surface area contributed by atoms with Gasteiger partial charge in [-0.3, -0.25) is 0 Å². The third-order valence-corrected chi connectivity index (χ3v) is 5.00. The summed E-state index contributed by atoms with van der Waals surface area (Å²) in [4.78, 5) is 0. The third-order valence-electron chi connectivity index (χ3n) is 5.00. The highest BCUT2D eigenvalue weighted by atomic mass is 16.6. The van der Waals surface area contributed by atoms with Crippen LogP contribution in [-0.2, 0) is 0 Å². The molecule has 0 radical (unpaired) electrons. The normalized spacial score (nSPS) is 30.9. The van der Waals surface area contributed by atoms with Gasteiger partial charge >= 0.3 is 0 Å². The van der Waals surface area contributed by atoms with Crippen LogP contribution in [0.1, 0.15) is 44.8 Å². The fraction of sp³-hybridized carbons (Fsp3) is 0.647. The molecule has 0 saturated heterocycles. The van der Waals surface area contributed by atoms with Gasteiger partial charge in [0.15, 0.2) is 11.5 Å². The Kier molecular flexibility index (Phi) is 3.88. The predicted molar refractivity (Wildman–Crippen MR) is 78.1 cm³/mol. The van der Waals surface area contributed by atoms with Crippen LogP contribution < -0.4 is 9.47 Å². The van der Waals surface area contributed by atoms with Crippen molar-refractivity contribution in [2.45, 2.75) is 39.2 Å². The summed E-state index contributed by atoms with van der Waals surface area (Å²) in [6, 6.07) is 5.83. The quantitative estimate of drug-likeness (QED) is 0.897. The lowest BCUT2D eigenvalue weighted by Gasteiger charge is -2.35. The molecular formula is C17H24O3. The molecule has 3 heteroatoms. The van der Waals surface area contributed by atoms with Crippen molar-refractivity contribution in [3.05, 3.63) is 23.8 Å². The summed E-state index contributed by atoms with van der Waals surface area (Å²) >= 11 is 0. The summed E-state index contributed by atoms with van der Waals surface area (Å²) in [5.74, 6) is 3.30. The van der Waals surface area contributed by atoms with E-state index in [2.05, 4.69) is 13.8 Å². The molecule has 1 aromatic rings. The number of benzene rings is 1. The van der Waals surface area contributed by atoms with Crippen LogP contribution in [0.25, 0.3) is 0 Å². The molecule has 0 spiro atoms. The van der Waals surface area contributed by atoms with Crippen molar-refractivity contribution < 1.29 is 14.6 Å². The topological polar surface area (TPSA) is 38.7 Å². The standard InChI is InChI=1S/C17H24O3/c1-11-6-7-13(10-12(11)2)16(18)14-4-3-5-15-17(14)20-9-8-19-15/h3-5,11-13,16,18H,6-10H2,1-2H3. The maximum absolute atomic E-state index is 10.8. The Hall–Kier alpha value is -1.22. The van der Waals surface area contributed by atoms with E-state index < -0.39 is 6.10 Å². The highest BCUT2D eigenvalue weighted by Gasteiger charge is 2.32. The zero-order valence-electron chi connectivity index (χ0n) is 12.3. The molecule has 1 fully saturated rings. The minimum atomic E-state index is -0.443. The molecule has 1 N–H and O–H groups in total. The summed E-state index contributed by atoms with van der Waals surface area (Å²) in [7, 11) is 0. The lowest BCUT2D eigenvalue weighted by molar-refractivity contribution is 0.0517. The Morgan fingerprint density at radius 3 is 2.70 bits per heavy atom. The zero-order valence-corrected chi connectivity index (χ0v) is 12.3. The second-order valence-corrected chi connectivity index (χ2v) is 6.34. The molecule has 1 aliphatic heterocycles. The van der Waals surface area contributed by atoms with E-state index in [0.717, 1.165) is 35.8 Å². The number of para-hydroxylation sites is 1. The van der Waals surface area contributed by atoms with Gasteiger partial charge in [-0.15, -0.1) is 0 Å². The van der Waals surface area contributed by atoms with E-state index in [-0.39, 0.29) is 0 Å². The molecule has 1 aliphatic carbocycles. The molecule has 20 heavy (non-hydrogen) atoms. The van der Waals surface area contributed by atoms with Gasteiger partial charge in [-0.05, 0) is 36.7 Å². The van der Waals surface area contributed by atoms with E-state index in [4.69, 9.17) is 9.47 Å². The van der Waals surface area contributed by atoms with Crippen molar-refractivity contribution in [3.8, 4) is 11.5 Å². The van der Waals surface area contributed by atoms with Gasteiger partial charge < -0.3 is 14.6 Å². The van der Waals surface area contributed by atoms with Gasteiger partial charge in [-0.2, -0.15) is 0 Å². The largest absolute Gasteiger partial charge is 0.486 e. The maximum atomic E-state index is 10.8. The lowest BCUT2D eigenvalue weighted by Crippen LogP contribution is -2.26. The first-order valence-electron chi connectivity index (χ1n) is 7.73. The summed E-state index contributed by atoms with van der Waals surface area (Å²) < 4.78 is 11.3. The molecule has 3 nitrogen and oxygen atoms in total. The van der Waals surface area contributed by atoms with Gasteiger partial charge in [-0.1, -0.05) is 32.4 Å². The van der Waals surface area contributed by atoms with Gasteiger partial charge in [0.05, 0.1) is 6.10 Å². The Labute approximate surface area is 120 Å². The number of aliphatic hydroxyl groups excluding tert-OH is 1. The third kappa shape index (κ3) is 2.51. The van der Waals surface area contributed by atoms with E-state index >= 15 is 0 Å². The molecule has 0 amide bonds. The van der Waals surface area contributed by atoms with E-state index in [1.807, 2.05) is 18.2 Å². The molecule has 0 bridgehead atoms. The SMILES string of the molecule is CC1CCC(C(O)c2cccc3c2OCCO3)CC1C. The highest BCUT2D eigenvalue weighted by molar-refractivity contribution is 5.48. The summed E-state index contributed by atoms with van der Waals surface area (Å²) in [5.41, 5.74) is 0.897. The highest BCUT2D eigenvalue weighted by Crippen LogP contribution is 2.44. The average Bonchev–Trinajstić information content (AvgIpc) is 2.49. The van der Waals surface area contributed by atoms with Gasteiger partial charge in [0.2, 0.25) is 0 Å². The second-order valence-electron chi connectivity index (χ2n) is 6.34. The van der Waals surface area contributed by atoms with Crippen LogP contribution in [0.4, 0.5) is 0 Å². The maximum Gasteiger partial charge on any atom is 0.167 e. The van der Waals surface area contributed by atoms with E-state index in [9.17, 15) is 5.11 Å². The number of hydrogen-bond acceptors (Lipinski definition) is 3. The Balaban J connectivity index is 1.82. The van der Waals surface area contributed by atoms with Crippen molar-refractivity contribution in [2.24, 2.45) is 17.8 Å². The van der Waals surface area contributed by atoms with Gasteiger partial charge in [-0.25, -0.2) is 0 Å². The fourth-order valence-electron chi connectivity index (χ4n) is 3.46.